The van der Waals surface area contributed by atoms with E-state index >= 15 is 0 Å². The molecule has 0 radical (unpaired) electrons. The fraction of sp³-hybridized carbons (Fsp3) is 0.636. The van der Waals surface area contributed by atoms with Crippen LogP contribution >= 0.6 is 0 Å². The van der Waals surface area contributed by atoms with Crippen molar-refractivity contribution >= 4 is 11.8 Å². The van der Waals surface area contributed by atoms with Crippen molar-refractivity contribution in [1.82, 2.24) is 9.80 Å². The van der Waals surface area contributed by atoms with Crippen molar-refractivity contribution in [3.8, 4) is 5.75 Å². The summed E-state index contributed by atoms with van der Waals surface area (Å²) in [5.74, 6) is 1.67. The fourth-order valence-electron chi connectivity index (χ4n) is 4.96. The predicted octanol–water partition coefficient (Wildman–Crippen LogP) is 3.23. The number of benzene rings is 1. The zero-order valence-corrected chi connectivity index (χ0v) is 16.3. The lowest BCUT2D eigenvalue weighted by Gasteiger charge is -2.52. The molecule has 0 bridgehead atoms. The summed E-state index contributed by atoms with van der Waals surface area (Å²) >= 11 is 0. The first-order valence-electron chi connectivity index (χ1n) is 10.3. The molecule has 27 heavy (non-hydrogen) atoms. The van der Waals surface area contributed by atoms with Gasteiger partial charge in [0.15, 0.2) is 0 Å². The Kier molecular flexibility index (Phi) is 5.11. The van der Waals surface area contributed by atoms with E-state index in [0.29, 0.717) is 12.5 Å². The first kappa shape index (κ1) is 18.3. The Labute approximate surface area is 161 Å². The molecule has 2 saturated heterocycles. The molecule has 1 aromatic carbocycles. The van der Waals surface area contributed by atoms with Crippen molar-refractivity contribution in [2.75, 3.05) is 26.7 Å². The SMILES string of the molecule is COc1ccc(CN2CC3(CCN(C(=O)C4CCCCC4)CC3)C2=O)cc1. The van der Waals surface area contributed by atoms with Crippen LogP contribution in [0.3, 0.4) is 0 Å². The summed E-state index contributed by atoms with van der Waals surface area (Å²) in [6.07, 6.45) is 7.39. The molecule has 0 unspecified atom stereocenters. The van der Waals surface area contributed by atoms with Gasteiger partial charge in [0.25, 0.3) is 0 Å². The van der Waals surface area contributed by atoms with Crippen molar-refractivity contribution in [3.05, 3.63) is 29.8 Å². The highest BCUT2D eigenvalue weighted by atomic mass is 16.5. The van der Waals surface area contributed by atoms with E-state index in [-0.39, 0.29) is 17.2 Å². The number of likely N-dealkylation sites (tertiary alicyclic amines) is 2. The smallest absolute Gasteiger partial charge is 0.231 e. The lowest BCUT2D eigenvalue weighted by Crippen LogP contribution is -2.64. The van der Waals surface area contributed by atoms with E-state index in [1.165, 1.54) is 19.3 Å². The quantitative estimate of drug-likeness (QED) is 0.765. The average molecular weight is 370 g/mol. The molecule has 0 atom stereocenters. The summed E-state index contributed by atoms with van der Waals surface area (Å²) in [5, 5.41) is 0. The Morgan fingerprint density at radius 3 is 2.37 bits per heavy atom. The minimum atomic E-state index is -0.212. The molecule has 5 nitrogen and oxygen atoms in total. The van der Waals surface area contributed by atoms with Gasteiger partial charge in [-0.15, -0.1) is 0 Å². The van der Waals surface area contributed by atoms with Crippen LogP contribution in [-0.4, -0.2) is 48.4 Å². The van der Waals surface area contributed by atoms with E-state index in [9.17, 15) is 9.59 Å². The third-order valence-electron chi connectivity index (χ3n) is 6.75. The van der Waals surface area contributed by atoms with E-state index in [2.05, 4.69) is 0 Å². The average Bonchev–Trinajstić information content (AvgIpc) is 2.74. The number of methoxy groups -OCH3 is 1. The van der Waals surface area contributed by atoms with Crippen LogP contribution in [0.15, 0.2) is 24.3 Å². The maximum atomic E-state index is 12.8. The topological polar surface area (TPSA) is 49.9 Å². The molecule has 2 aliphatic heterocycles. The Balaban J connectivity index is 1.29. The maximum Gasteiger partial charge on any atom is 0.231 e. The van der Waals surface area contributed by atoms with E-state index in [1.54, 1.807) is 7.11 Å². The highest BCUT2D eigenvalue weighted by Gasteiger charge is 2.53. The van der Waals surface area contributed by atoms with Crippen LogP contribution in [0.25, 0.3) is 0 Å². The summed E-state index contributed by atoms with van der Waals surface area (Å²) in [6.45, 7) is 2.98. The molecule has 0 aromatic heterocycles. The van der Waals surface area contributed by atoms with Gasteiger partial charge in [0.1, 0.15) is 5.75 Å². The van der Waals surface area contributed by atoms with Crippen LogP contribution in [0, 0.1) is 11.3 Å². The lowest BCUT2D eigenvalue weighted by atomic mass is 9.70. The molecule has 2 amide bonds. The van der Waals surface area contributed by atoms with Crippen LogP contribution in [0.5, 0.6) is 5.75 Å². The number of piperidine rings is 1. The van der Waals surface area contributed by atoms with Crippen LogP contribution in [0.4, 0.5) is 0 Å². The molecule has 1 saturated carbocycles. The van der Waals surface area contributed by atoms with Gasteiger partial charge in [-0.3, -0.25) is 9.59 Å². The molecule has 1 aromatic rings. The van der Waals surface area contributed by atoms with Crippen LogP contribution < -0.4 is 4.74 Å². The highest BCUT2D eigenvalue weighted by Crippen LogP contribution is 2.43. The molecular weight excluding hydrogens is 340 g/mol. The number of hydrogen-bond donors (Lipinski definition) is 0. The van der Waals surface area contributed by atoms with Crippen molar-refractivity contribution in [3.63, 3.8) is 0 Å². The third-order valence-corrected chi connectivity index (χ3v) is 6.75. The van der Waals surface area contributed by atoms with Gasteiger partial charge in [-0.25, -0.2) is 0 Å². The van der Waals surface area contributed by atoms with E-state index in [4.69, 9.17) is 4.74 Å². The summed E-state index contributed by atoms with van der Waals surface area (Å²) in [6, 6.07) is 7.90. The number of rotatable bonds is 4. The van der Waals surface area contributed by atoms with Gasteiger partial charge in [-0.2, -0.15) is 0 Å². The van der Waals surface area contributed by atoms with Crippen molar-refractivity contribution in [2.45, 2.75) is 51.5 Å². The van der Waals surface area contributed by atoms with Gasteiger partial charge in [0, 0.05) is 32.1 Å². The molecule has 3 fully saturated rings. The second-order valence-corrected chi connectivity index (χ2v) is 8.45. The third kappa shape index (κ3) is 3.56. The van der Waals surface area contributed by atoms with Gasteiger partial charge in [-0.1, -0.05) is 31.4 Å². The molecule has 4 rings (SSSR count). The Morgan fingerprint density at radius 2 is 1.78 bits per heavy atom. The van der Waals surface area contributed by atoms with Gasteiger partial charge < -0.3 is 14.5 Å². The van der Waals surface area contributed by atoms with Gasteiger partial charge >= 0.3 is 0 Å². The van der Waals surface area contributed by atoms with Crippen molar-refractivity contribution in [1.29, 1.82) is 0 Å². The first-order valence-corrected chi connectivity index (χ1v) is 10.3. The molecular formula is C22H30N2O3. The van der Waals surface area contributed by atoms with Crippen molar-refractivity contribution < 1.29 is 14.3 Å². The highest BCUT2D eigenvalue weighted by molar-refractivity contribution is 5.89. The molecule has 1 spiro atoms. The minimum Gasteiger partial charge on any atom is -0.497 e. The summed E-state index contributed by atoms with van der Waals surface area (Å²) in [4.78, 5) is 29.5. The van der Waals surface area contributed by atoms with E-state index in [0.717, 1.165) is 56.6 Å². The number of amides is 2. The predicted molar refractivity (Wildman–Crippen MR) is 103 cm³/mol. The second-order valence-electron chi connectivity index (χ2n) is 8.45. The number of β-lactam (4-membered cyclic amide) rings is 1. The normalized spacial score (nSPS) is 22.6. The summed E-state index contributed by atoms with van der Waals surface area (Å²) in [7, 11) is 1.66. The first-order chi connectivity index (χ1) is 13.1. The number of ether oxygens (including phenoxy) is 1. The van der Waals surface area contributed by atoms with E-state index in [1.807, 2.05) is 34.1 Å². The van der Waals surface area contributed by atoms with Gasteiger partial charge in [0.2, 0.25) is 11.8 Å². The zero-order chi connectivity index (χ0) is 18.9. The zero-order valence-electron chi connectivity index (χ0n) is 16.3. The van der Waals surface area contributed by atoms with E-state index < -0.39 is 0 Å². The molecule has 2 heterocycles. The van der Waals surface area contributed by atoms with Crippen LogP contribution in [-0.2, 0) is 16.1 Å². The number of carbonyl (C=O) groups is 2. The van der Waals surface area contributed by atoms with Crippen LogP contribution in [0.1, 0.15) is 50.5 Å². The minimum absolute atomic E-state index is 0.212. The molecule has 0 N–H and O–H groups in total. The summed E-state index contributed by atoms with van der Waals surface area (Å²) < 4.78 is 5.19. The standard InChI is InChI=1S/C22H30N2O3/c1-27-19-9-7-17(8-10-19)15-24-16-22(21(24)26)11-13-23(14-12-22)20(25)18-5-3-2-4-6-18/h7-10,18H,2-6,11-16H2,1H3. The molecule has 1 aliphatic carbocycles. The number of hydrogen-bond acceptors (Lipinski definition) is 3. The fourth-order valence-corrected chi connectivity index (χ4v) is 4.96. The summed E-state index contributed by atoms with van der Waals surface area (Å²) in [5.41, 5.74) is 0.916. The number of nitrogens with zero attached hydrogens (tertiary/aromatic N) is 2. The largest absolute Gasteiger partial charge is 0.497 e. The molecule has 146 valence electrons. The van der Waals surface area contributed by atoms with Crippen LogP contribution in [0.2, 0.25) is 0 Å². The molecule has 5 heteroatoms. The van der Waals surface area contributed by atoms with Gasteiger partial charge in [-0.05, 0) is 43.4 Å². The Morgan fingerprint density at radius 1 is 1.11 bits per heavy atom. The lowest BCUT2D eigenvalue weighted by molar-refractivity contribution is -0.168. The maximum absolute atomic E-state index is 12.8. The van der Waals surface area contributed by atoms with Gasteiger partial charge in [0.05, 0.1) is 12.5 Å². The molecule has 3 aliphatic rings. The second kappa shape index (κ2) is 7.53. The number of carbonyl (C=O) groups excluding carboxylic acids is 2. The van der Waals surface area contributed by atoms with Crippen molar-refractivity contribution in [2.24, 2.45) is 11.3 Å². The Bertz CT molecular complexity index is 686. The monoisotopic (exact) mass is 370 g/mol. The Hall–Kier alpha value is -2.04.